The topological polar surface area (TPSA) is 105 Å². The van der Waals surface area contributed by atoms with Gasteiger partial charge in [-0.15, -0.1) is 0 Å². The second-order valence-corrected chi connectivity index (χ2v) is 10.6. The molecule has 2 fully saturated rings. The van der Waals surface area contributed by atoms with E-state index in [2.05, 4.69) is 24.8 Å². The lowest BCUT2D eigenvalue weighted by atomic mass is 10.0. The van der Waals surface area contributed by atoms with Crippen molar-refractivity contribution in [1.29, 1.82) is 0 Å². The minimum Gasteiger partial charge on any atom is -0.356 e. The van der Waals surface area contributed by atoms with Gasteiger partial charge in [0.2, 0.25) is 5.91 Å². The predicted octanol–water partition coefficient (Wildman–Crippen LogP) is 3.88. The Bertz CT molecular complexity index is 1830. The third-order valence-corrected chi connectivity index (χ3v) is 8.26. The maximum atomic E-state index is 15.0. The van der Waals surface area contributed by atoms with Crippen LogP contribution in [0, 0.1) is 11.6 Å². The molecule has 12 heteroatoms. The van der Waals surface area contributed by atoms with E-state index in [9.17, 15) is 14.0 Å². The summed E-state index contributed by atoms with van der Waals surface area (Å²) < 4.78 is 32.7. The molecule has 0 atom stereocenters. The third-order valence-electron chi connectivity index (χ3n) is 8.26. The molecular weight excluding hydrogens is 530 g/mol. The first-order chi connectivity index (χ1) is 20.0. The van der Waals surface area contributed by atoms with Crippen LogP contribution in [0.15, 0.2) is 53.8 Å². The number of carbonyl (C=O) groups excluding carboxylic acids is 1. The lowest BCUT2D eigenvalue weighted by molar-refractivity contribution is -0.133. The Balaban J connectivity index is 1.18. The van der Waals surface area contributed by atoms with Crippen LogP contribution in [0.2, 0.25) is 0 Å². The lowest BCUT2D eigenvalue weighted by Crippen LogP contribution is -2.41. The Morgan fingerprint density at radius 3 is 2.59 bits per heavy atom. The monoisotopic (exact) mass is 558 g/mol. The highest BCUT2D eigenvalue weighted by Gasteiger charge is 2.28. The van der Waals surface area contributed by atoms with Crippen LogP contribution in [0.25, 0.3) is 33.3 Å². The molecule has 2 aliphatic heterocycles. The quantitative estimate of drug-likeness (QED) is 0.351. The number of imidazole rings is 1. The normalized spacial score (nSPS) is 16.3. The Labute approximate surface area is 233 Å². The van der Waals surface area contributed by atoms with E-state index in [0.717, 1.165) is 37.5 Å². The van der Waals surface area contributed by atoms with Crippen LogP contribution in [-0.4, -0.2) is 66.1 Å². The van der Waals surface area contributed by atoms with E-state index < -0.39 is 11.6 Å². The van der Waals surface area contributed by atoms with Gasteiger partial charge in [-0.25, -0.2) is 28.5 Å². The second kappa shape index (κ2) is 10.1. The number of pyridine rings is 1. The van der Waals surface area contributed by atoms with E-state index in [4.69, 9.17) is 0 Å². The summed E-state index contributed by atoms with van der Waals surface area (Å²) in [7, 11) is 0. The van der Waals surface area contributed by atoms with Crippen LogP contribution in [0.4, 0.5) is 14.6 Å². The first kappa shape index (κ1) is 25.4. The Morgan fingerprint density at radius 2 is 1.78 bits per heavy atom. The van der Waals surface area contributed by atoms with Crippen molar-refractivity contribution in [3.63, 3.8) is 0 Å². The molecule has 41 heavy (non-hydrogen) atoms. The minimum atomic E-state index is -0.945. The number of nitrogens with one attached hydrogen (secondary N) is 1. The number of nitrogens with zero attached hydrogens (tertiary/aromatic N) is 7. The summed E-state index contributed by atoms with van der Waals surface area (Å²) in [5.41, 5.74) is 2.17. The zero-order valence-electron chi connectivity index (χ0n) is 22.3. The van der Waals surface area contributed by atoms with E-state index in [0.29, 0.717) is 54.0 Å². The van der Waals surface area contributed by atoms with E-state index in [1.54, 1.807) is 32.5 Å². The van der Waals surface area contributed by atoms with Gasteiger partial charge in [0.05, 0.1) is 10.9 Å². The van der Waals surface area contributed by atoms with Crippen LogP contribution >= 0.6 is 0 Å². The Morgan fingerprint density at radius 1 is 0.976 bits per heavy atom. The van der Waals surface area contributed by atoms with Gasteiger partial charge >= 0.3 is 5.69 Å². The first-order valence-corrected chi connectivity index (χ1v) is 13.9. The highest BCUT2D eigenvalue weighted by molar-refractivity contribution is 6.02. The number of hydrogen-bond acceptors (Lipinski definition) is 6. The highest BCUT2D eigenvalue weighted by atomic mass is 19.2. The minimum absolute atomic E-state index is 0.00842. The largest absolute Gasteiger partial charge is 0.356 e. The SMILES string of the molecule is O=C(Cn1cc(-c2cccc(F)c2F)c2c(N3CCCC3)ncnc21)N1CCC(n2c(=O)[nH]c3ncccc32)CC1. The molecule has 1 aromatic carbocycles. The van der Waals surface area contributed by atoms with Crippen molar-refractivity contribution < 1.29 is 13.6 Å². The third kappa shape index (κ3) is 4.34. The van der Waals surface area contributed by atoms with Gasteiger partial charge in [0, 0.05) is 55.7 Å². The van der Waals surface area contributed by atoms with Gasteiger partial charge in [-0.2, -0.15) is 0 Å². The molecule has 6 heterocycles. The van der Waals surface area contributed by atoms with Crippen molar-refractivity contribution in [1.82, 2.24) is 34.0 Å². The fraction of sp³-hybridized carbons (Fsp3) is 0.345. The molecule has 0 aliphatic carbocycles. The van der Waals surface area contributed by atoms with Gasteiger partial charge in [-0.3, -0.25) is 14.3 Å². The molecule has 5 aromatic rings. The Hall–Kier alpha value is -4.61. The summed E-state index contributed by atoms with van der Waals surface area (Å²) in [5.74, 6) is -1.33. The van der Waals surface area contributed by atoms with Crippen LogP contribution in [0.1, 0.15) is 31.7 Å². The zero-order chi connectivity index (χ0) is 28.1. The van der Waals surface area contributed by atoms with Crippen molar-refractivity contribution in [3.05, 3.63) is 71.2 Å². The fourth-order valence-corrected chi connectivity index (χ4v) is 6.25. The van der Waals surface area contributed by atoms with Crippen LogP contribution in [0.3, 0.4) is 0 Å². The van der Waals surface area contributed by atoms with Crippen molar-refractivity contribution in [3.8, 4) is 11.1 Å². The van der Waals surface area contributed by atoms with Crippen molar-refractivity contribution in [2.75, 3.05) is 31.1 Å². The number of anilines is 1. The number of amides is 1. The number of benzene rings is 1. The number of likely N-dealkylation sites (tertiary alicyclic amines) is 1. The van der Waals surface area contributed by atoms with Gasteiger partial charge in [0.1, 0.15) is 24.3 Å². The van der Waals surface area contributed by atoms with Gasteiger partial charge in [-0.05, 0) is 43.9 Å². The zero-order valence-corrected chi connectivity index (χ0v) is 22.3. The van der Waals surface area contributed by atoms with Gasteiger partial charge < -0.3 is 14.4 Å². The van der Waals surface area contributed by atoms with E-state index >= 15 is 4.39 Å². The second-order valence-electron chi connectivity index (χ2n) is 10.6. The number of hydrogen-bond donors (Lipinski definition) is 1. The van der Waals surface area contributed by atoms with Crippen molar-refractivity contribution in [2.45, 2.75) is 38.3 Å². The van der Waals surface area contributed by atoms with Crippen LogP contribution in [-0.2, 0) is 11.3 Å². The number of aromatic nitrogens is 6. The number of piperidine rings is 1. The van der Waals surface area contributed by atoms with E-state index in [1.807, 2.05) is 6.07 Å². The molecule has 1 N–H and O–H groups in total. The number of fused-ring (bicyclic) bond motifs is 2. The molecule has 2 saturated heterocycles. The molecule has 0 spiro atoms. The number of halogens is 2. The average molecular weight is 559 g/mol. The number of carbonyl (C=O) groups is 1. The molecule has 10 nitrogen and oxygen atoms in total. The van der Waals surface area contributed by atoms with E-state index in [1.165, 1.54) is 18.5 Å². The van der Waals surface area contributed by atoms with Crippen molar-refractivity contribution in [2.24, 2.45) is 0 Å². The van der Waals surface area contributed by atoms with E-state index in [-0.39, 0.29) is 29.7 Å². The van der Waals surface area contributed by atoms with Crippen LogP contribution in [0.5, 0.6) is 0 Å². The molecule has 2 aliphatic rings. The molecular formula is C29H28F2N8O2. The molecule has 4 aromatic heterocycles. The fourth-order valence-electron chi connectivity index (χ4n) is 6.25. The number of H-pyrrole nitrogens is 1. The molecule has 0 bridgehead atoms. The first-order valence-electron chi connectivity index (χ1n) is 13.9. The Kier molecular flexibility index (Phi) is 6.25. The number of rotatable bonds is 5. The molecule has 1 amide bonds. The molecule has 7 rings (SSSR count). The summed E-state index contributed by atoms with van der Waals surface area (Å²) in [4.78, 5) is 46.1. The lowest BCUT2D eigenvalue weighted by Gasteiger charge is -2.32. The summed E-state index contributed by atoms with van der Waals surface area (Å²) >= 11 is 0. The molecule has 0 saturated carbocycles. The molecule has 0 radical (unpaired) electrons. The summed E-state index contributed by atoms with van der Waals surface area (Å²) in [6.07, 6.45) is 8.07. The maximum absolute atomic E-state index is 15.0. The van der Waals surface area contributed by atoms with Crippen molar-refractivity contribution >= 4 is 33.9 Å². The smallest absolute Gasteiger partial charge is 0.327 e. The number of aromatic amines is 1. The summed E-state index contributed by atoms with van der Waals surface area (Å²) in [5, 5.41) is 0.609. The summed E-state index contributed by atoms with van der Waals surface area (Å²) in [6, 6.07) is 7.72. The predicted molar refractivity (Wildman–Crippen MR) is 150 cm³/mol. The maximum Gasteiger partial charge on any atom is 0.327 e. The van der Waals surface area contributed by atoms with Gasteiger partial charge in [0.25, 0.3) is 0 Å². The average Bonchev–Trinajstić information content (AvgIpc) is 3.72. The van der Waals surface area contributed by atoms with Gasteiger partial charge in [-0.1, -0.05) is 12.1 Å². The molecule has 0 unspecified atom stereocenters. The molecule has 210 valence electrons. The summed E-state index contributed by atoms with van der Waals surface area (Å²) in [6.45, 7) is 2.59. The van der Waals surface area contributed by atoms with Crippen LogP contribution < -0.4 is 10.6 Å². The van der Waals surface area contributed by atoms with Gasteiger partial charge in [0.15, 0.2) is 17.3 Å². The standard InChI is InChI=1S/C29H28F2N8O2/c30-21-6-3-5-19(25(21)31)20-15-38(28-24(20)27(33-17-34-28)37-11-1-2-12-37)16-23(40)36-13-8-18(9-14-36)39-22-7-4-10-32-26(22)35-29(39)41/h3-7,10,15,17-18H,1-2,8-9,11-14,16H2,(H,32,35,41). The highest BCUT2D eigenvalue weighted by Crippen LogP contribution is 2.38.